The summed E-state index contributed by atoms with van der Waals surface area (Å²) in [4.78, 5) is 9.16. The molecular weight excluding hydrogens is 455 g/mol. The Labute approximate surface area is 179 Å². The Balaban J connectivity index is 0.00000261. The average molecular weight is 488 g/mol. The van der Waals surface area contributed by atoms with Crippen LogP contribution in [0.15, 0.2) is 23.3 Å². The molecule has 1 aromatic heterocycles. The van der Waals surface area contributed by atoms with Crippen LogP contribution in [0.25, 0.3) is 0 Å². The quantitative estimate of drug-likeness (QED) is 0.349. The van der Waals surface area contributed by atoms with Gasteiger partial charge in [0.05, 0.1) is 12.1 Å². The SMILES string of the molecule is CCNC(=NCc1cccnc1OC1CCCC1)NCC1(C)CCCO1.I. The van der Waals surface area contributed by atoms with E-state index in [0.717, 1.165) is 62.8 Å². The van der Waals surface area contributed by atoms with E-state index in [0.29, 0.717) is 12.6 Å². The van der Waals surface area contributed by atoms with Crippen LogP contribution >= 0.6 is 24.0 Å². The fraction of sp³-hybridized carbons (Fsp3) is 0.700. The molecule has 1 unspecified atom stereocenters. The molecule has 2 fully saturated rings. The molecule has 1 saturated carbocycles. The maximum absolute atomic E-state index is 6.11. The number of hydrogen-bond donors (Lipinski definition) is 2. The second-order valence-electron chi connectivity index (χ2n) is 7.44. The van der Waals surface area contributed by atoms with E-state index in [9.17, 15) is 0 Å². The zero-order valence-electron chi connectivity index (χ0n) is 16.5. The predicted molar refractivity (Wildman–Crippen MR) is 119 cm³/mol. The summed E-state index contributed by atoms with van der Waals surface area (Å²) in [6.45, 7) is 7.21. The number of pyridine rings is 1. The zero-order chi connectivity index (χ0) is 18.2. The molecule has 3 rings (SSSR count). The van der Waals surface area contributed by atoms with Gasteiger partial charge in [0.15, 0.2) is 5.96 Å². The Hall–Kier alpha value is -1.09. The van der Waals surface area contributed by atoms with Crippen LogP contribution in [0, 0.1) is 0 Å². The van der Waals surface area contributed by atoms with Crippen molar-refractivity contribution in [1.82, 2.24) is 15.6 Å². The normalized spacial score (nSPS) is 23.1. The van der Waals surface area contributed by atoms with Crippen molar-refractivity contribution in [2.45, 2.75) is 70.6 Å². The van der Waals surface area contributed by atoms with Crippen LogP contribution < -0.4 is 15.4 Å². The lowest BCUT2D eigenvalue weighted by atomic mass is 10.0. The second kappa shape index (κ2) is 11.0. The maximum Gasteiger partial charge on any atom is 0.218 e. The summed E-state index contributed by atoms with van der Waals surface area (Å²) in [6.07, 6.45) is 9.06. The van der Waals surface area contributed by atoms with Crippen LogP contribution in [0.4, 0.5) is 0 Å². The number of ether oxygens (including phenoxy) is 2. The van der Waals surface area contributed by atoms with E-state index < -0.39 is 0 Å². The Morgan fingerprint density at radius 3 is 2.85 bits per heavy atom. The lowest BCUT2D eigenvalue weighted by Gasteiger charge is -2.24. The molecule has 0 amide bonds. The first-order valence-corrected chi connectivity index (χ1v) is 9.95. The van der Waals surface area contributed by atoms with Crippen molar-refractivity contribution in [3.63, 3.8) is 0 Å². The molecule has 1 aliphatic heterocycles. The molecule has 0 radical (unpaired) electrons. The molecule has 27 heavy (non-hydrogen) atoms. The van der Waals surface area contributed by atoms with E-state index in [1.165, 1.54) is 12.8 Å². The molecule has 1 saturated heterocycles. The minimum absolute atomic E-state index is 0. The van der Waals surface area contributed by atoms with E-state index in [1.54, 1.807) is 6.20 Å². The molecule has 2 N–H and O–H groups in total. The summed E-state index contributed by atoms with van der Waals surface area (Å²) < 4.78 is 12.0. The van der Waals surface area contributed by atoms with E-state index in [2.05, 4.69) is 29.5 Å². The monoisotopic (exact) mass is 488 g/mol. The Morgan fingerprint density at radius 2 is 2.15 bits per heavy atom. The number of nitrogens with zero attached hydrogens (tertiary/aromatic N) is 2. The first-order valence-electron chi connectivity index (χ1n) is 9.95. The number of hydrogen-bond acceptors (Lipinski definition) is 4. The van der Waals surface area contributed by atoms with Crippen molar-refractivity contribution in [3.05, 3.63) is 23.9 Å². The van der Waals surface area contributed by atoms with Gasteiger partial charge in [0.25, 0.3) is 0 Å². The number of aliphatic imine (C=N–C) groups is 1. The van der Waals surface area contributed by atoms with Gasteiger partial charge >= 0.3 is 0 Å². The van der Waals surface area contributed by atoms with E-state index in [4.69, 9.17) is 14.5 Å². The van der Waals surface area contributed by atoms with Crippen LogP contribution in [0.5, 0.6) is 5.88 Å². The average Bonchev–Trinajstić information content (AvgIpc) is 3.31. The maximum atomic E-state index is 6.11. The largest absolute Gasteiger partial charge is 0.474 e. The summed E-state index contributed by atoms with van der Waals surface area (Å²) in [5, 5.41) is 6.73. The highest BCUT2D eigenvalue weighted by Crippen LogP contribution is 2.26. The van der Waals surface area contributed by atoms with Gasteiger partial charge in [-0.3, -0.25) is 0 Å². The molecule has 2 heterocycles. The highest BCUT2D eigenvalue weighted by Gasteiger charge is 2.29. The smallest absolute Gasteiger partial charge is 0.218 e. The van der Waals surface area contributed by atoms with Gasteiger partial charge in [0.2, 0.25) is 5.88 Å². The van der Waals surface area contributed by atoms with Crippen LogP contribution in [0.2, 0.25) is 0 Å². The minimum Gasteiger partial charge on any atom is -0.474 e. The molecule has 1 aliphatic carbocycles. The van der Waals surface area contributed by atoms with Crippen LogP contribution in [0.1, 0.15) is 57.9 Å². The molecular formula is C20H33IN4O2. The lowest BCUT2D eigenvalue weighted by molar-refractivity contribution is 0.0243. The number of guanidine groups is 1. The number of aromatic nitrogens is 1. The fourth-order valence-electron chi connectivity index (χ4n) is 3.57. The van der Waals surface area contributed by atoms with E-state index >= 15 is 0 Å². The van der Waals surface area contributed by atoms with Gasteiger partial charge < -0.3 is 20.1 Å². The minimum atomic E-state index is -0.0960. The standard InChI is InChI=1S/C20H32N4O2.HI/c1-3-21-19(24-15-20(2)11-7-13-25-20)23-14-16-8-6-12-22-18(16)26-17-9-4-5-10-17;/h6,8,12,17H,3-5,7,9-11,13-15H2,1-2H3,(H2,21,23,24);1H. The van der Waals surface area contributed by atoms with Crippen molar-refractivity contribution in [2.24, 2.45) is 4.99 Å². The summed E-state index contributed by atoms with van der Waals surface area (Å²) in [7, 11) is 0. The van der Waals surface area contributed by atoms with Crippen molar-refractivity contribution in [2.75, 3.05) is 19.7 Å². The molecule has 0 bridgehead atoms. The number of nitrogens with one attached hydrogen (secondary N) is 2. The fourth-order valence-corrected chi connectivity index (χ4v) is 3.57. The van der Waals surface area contributed by atoms with Crippen LogP contribution in [-0.4, -0.2) is 42.3 Å². The highest BCUT2D eigenvalue weighted by molar-refractivity contribution is 14.0. The highest BCUT2D eigenvalue weighted by atomic mass is 127. The predicted octanol–water partition coefficient (Wildman–Crippen LogP) is 3.65. The summed E-state index contributed by atoms with van der Waals surface area (Å²) in [5.41, 5.74) is 0.932. The zero-order valence-corrected chi connectivity index (χ0v) is 18.8. The Kier molecular flexibility index (Phi) is 9.08. The molecule has 0 aromatic carbocycles. The lowest BCUT2D eigenvalue weighted by Crippen LogP contribution is -2.45. The summed E-state index contributed by atoms with van der Waals surface area (Å²) >= 11 is 0. The molecule has 1 atom stereocenters. The van der Waals surface area contributed by atoms with Gasteiger partial charge in [-0.2, -0.15) is 0 Å². The van der Waals surface area contributed by atoms with Gasteiger partial charge in [-0.15, -0.1) is 24.0 Å². The van der Waals surface area contributed by atoms with E-state index in [-0.39, 0.29) is 29.6 Å². The summed E-state index contributed by atoms with van der Waals surface area (Å²) in [5.74, 6) is 1.53. The molecule has 6 nitrogen and oxygen atoms in total. The summed E-state index contributed by atoms with van der Waals surface area (Å²) in [6, 6.07) is 3.99. The third kappa shape index (κ3) is 6.78. The topological polar surface area (TPSA) is 67.8 Å². The van der Waals surface area contributed by atoms with Crippen LogP contribution in [-0.2, 0) is 11.3 Å². The number of rotatable bonds is 7. The Morgan fingerprint density at radius 1 is 1.33 bits per heavy atom. The van der Waals surface area contributed by atoms with Crippen LogP contribution in [0.3, 0.4) is 0 Å². The first-order chi connectivity index (χ1) is 12.7. The second-order valence-corrected chi connectivity index (χ2v) is 7.44. The van der Waals surface area contributed by atoms with Gasteiger partial charge in [-0.25, -0.2) is 9.98 Å². The van der Waals surface area contributed by atoms with Gasteiger partial charge in [-0.1, -0.05) is 6.07 Å². The first kappa shape index (κ1) is 22.2. The van der Waals surface area contributed by atoms with Gasteiger partial charge in [0, 0.05) is 31.5 Å². The van der Waals surface area contributed by atoms with Crippen molar-refractivity contribution in [3.8, 4) is 5.88 Å². The van der Waals surface area contributed by atoms with Crippen molar-refractivity contribution in [1.29, 1.82) is 0 Å². The molecule has 0 spiro atoms. The molecule has 1 aromatic rings. The van der Waals surface area contributed by atoms with Gasteiger partial charge in [-0.05, 0) is 58.4 Å². The van der Waals surface area contributed by atoms with Crippen molar-refractivity contribution < 1.29 is 9.47 Å². The van der Waals surface area contributed by atoms with E-state index in [1.807, 2.05) is 12.1 Å². The van der Waals surface area contributed by atoms with Gasteiger partial charge in [0.1, 0.15) is 6.10 Å². The molecule has 2 aliphatic rings. The third-order valence-electron chi connectivity index (χ3n) is 5.11. The number of halogens is 1. The molecule has 7 heteroatoms. The Bertz CT molecular complexity index is 599. The van der Waals surface area contributed by atoms with Crippen molar-refractivity contribution >= 4 is 29.9 Å². The third-order valence-corrected chi connectivity index (χ3v) is 5.11. The molecule has 152 valence electrons.